The molecule has 0 radical (unpaired) electrons. The highest BCUT2D eigenvalue weighted by Gasteiger charge is 2.14. The summed E-state index contributed by atoms with van der Waals surface area (Å²) in [7, 11) is 0. The molecule has 0 amide bonds. The molecular formula is C10H23N3O. The van der Waals surface area contributed by atoms with Crippen LogP contribution in [0.3, 0.4) is 0 Å². The molecule has 0 aromatic carbocycles. The molecule has 14 heavy (non-hydrogen) atoms. The number of nitrogens with one attached hydrogen (secondary N) is 1. The van der Waals surface area contributed by atoms with Crippen LogP contribution in [0.4, 0.5) is 0 Å². The topological polar surface area (TPSA) is 70.6 Å². The molecule has 0 fully saturated rings. The van der Waals surface area contributed by atoms with Crippen LogP contribution in [0.2, 0.25) is 0 Å². The van der Waals surface area contributed by atoms with Gasteiger partial charge in [-0.2, -0.15) is 0 Å². The van der Waals surface area contributed by atoms with Crippen LogP contribution in [0.25, 0.3) is 0 Å². The minimum Gasteiger partial charge on any atom is -0.409 e. The maximum absolute atomic E-state index is 8.46. The first-order chi connectivity index (χ1) is 6.51. The van der Waals surface area contributed by atoms with Gasteiger partial charge in [-0.1, -0.05) is 25.9 Å². The first kappa shape index (κ1) is 13.2. The summed E-state index contributed by atoms with van der Waals surface area (Å²) in [6.07, 6.45) is 1.58. The molecule has 0 aromatic rings. The summed E-state index contributed by atoms with van der Waals surface area (Å²) >= 11 is 0. The van der Waals surface area contributed by atoms with Crippen molar-refractivity contribution in [2.75, 3.05) is 0 Å². The summed E-state index contributed by atoms with van der Waals surface area (Å²) in [5.74, 6) is 0.886. The van der Waals surface area contributed by atoms with Crippen LogP contribution < -0.4 is 11.1 Å². The summed E-state index contributed by atoms with van der Waals surface area (Å²) in [6, 6.07) is 0.745. The zero-order valence-electron chi connectivity index (χ0n) is 9.62. The van der Waals surface area contributed by atoms with E-state index in [0.29, 0.717) is 30.3 Å². The van der Waals surface area contributed by atoms with Gasteiger partial charge in [0.1, 0.15) is 5.84 Å². The highest BCUT2D eigenvalue weighted by atomic mass is 16.4. The van der Waals surface area contributed by atoms with E-state index in [2.05, 4.69) is 38.2 Å². The van der Waals surface area contributed by atoms with Crippen molar-refractivity contribution in [1.29, 1.82) is 0 Å². The Morgan fingerprint density at radius 1 is 1.43 bits per heavy atom. The van der Waals surface area contributed by atoms with Gasteiger partial charge in [-0.05, 0) is 19.3 Å². The fraction of sp³-hybridized carbons (Fsp3) is 0.900. The molecule has 0 aliphatic heterocycles. The van der Waals surface area contributed by atoms with Gasteiger partial charge in [-0.25, -0.2) is 0 Å². The van der Waals surface area contributed by atoms with Crippen molar-refractivity contribution in [3.63, 3.8) is 0 Å². The Morgan fingerprint density at radius 2 is 2.00 bits per heavy atom. The van der Waals surface area contributed by atoms with E-state index in [4.69, 9.17) is 10.9 Å². The Hall–Kier alpha value is -0.770. The van der Waals surface area contributed by atoms with Gasteiger partial charge in [0.15, 0.2) is 0 Å². The lowest BCUT2D eigenvalue weighted by molar-refractivity contribution is 0.313. The van der Waals surface area contributed by atoms with Gasteiger partial charge in [0.05, 0.1) is 0 Å². The van der Waals surface area contributed by atoms with Crippen molar-refractivity contribution >= 4 is 5.84 Å². The summed E-state index contributed by atoms with van der Waals surface area (Å²) in [4.78, 5) is 0. The van der Waals surface area contributed by atoms with Crippen LogP contribution in [0.1, 0.15) is 40.5 Å². The van der Waals surface area contributed by atoms with Crippen molar-refractivity contribution in [3.8, 4) is 0 Å². The van der Waals surface area contributed by atoms with E-state index in [0.717, 1.165) is 6.42 Å². The quantitative estimate of drug-likeness (QED) is 0.264. The first-order valence-electron chi connectivity index (χ1n) is 5.23. The van der Waals surface area contributed by atoms with Crippen molar-refractivity contribution in [3.05, 3.63) is 0 Å². The lowest BCUT2D eigenvalue weighted by Gasteiger charge is -2.24. The monoisotopic (exact) mass is 201 g/mol. The zero-order valence-corrected chi connectivity index (χ0v) is 9.62. The van der Waals surface area contributed by atoms with Crippen LogP contribution >= 0.6 is 0 Å². The highest BCUT2D eigenvalue weighted by Crippen LogP contribution is 2.05. The first-order valence-corrected chi connectivity index (χ1v) is 5.23. The standard InChI is InChI=1S/C10H23N3O/c1-5-9(6-10(11)13-14)12-8(4)7(2)3/h7-9,12,14H,5-6H2,1-4H3,(H2,11,13). The van der Waals surface area contributed by atoms with Gasteiger partial charge in [0.25, 0.3) is 0 Å². The van der Waals surface area contributed by atoms with E-state index in [9.17, 15) is 0 Å². The number of nitrogens with zero attached hydrogens (tertiary/aromatic N) is 1. The average Bonchev–Trinajstić information content (AvgIpc) is 2.16. The second-order valence-electron chi connectivity index (χ2n) is 4.10. The van der Waals surface area contributed by atoms with Gasteiger partial charge in [0.2, 0.25) is 0 Å². The van der Waals surface area contributed by atoms with Crippen LogP contribution in [-0.4, -0.2) is 23.1 Å². The number of oxime groups is 1. The largest absolute Gasteiger partial charge is 0.409 e. The predicted molar refractivity (Wildman–Crippen MR) is 59.5 cm³/mol. The fourth-order valence-electron chi connectivity index (χ4n) is 1.18. The third-order valence-electron chi connectivity index (χ3n) is 2.58. The van der Waals surface area contributed by atoms with E-state index in [1.165, 1.54) is 0 Å². The van der Waals surface area contributed by atoms with Crippen LogP contribution in [0, 0.1) is 5.92 Å². The highest BCUT2D eigenvalue weighted by molar-refractivity contribution is 5.80. The number of hydrogen-bond acceptors (Lipinski definition) is 3. The van der Waals surface area contributed by atoms with Crippen molar-refractivity contribution < 1.29 is 5.21 Å². The molecule has 0 bridgehead atoms. The molecule has 0 saturated heterocycles. The molecule has 84 valence electrons. The molecule has 0 saturated carbocycles. The zero-order chi connectivity index (χ0) is 11.1. The normalized spacial score (nSPS) is 17.1. The molecule has 0 spiro atoms. The van der Waals surface area contributed by atoms with E-state index in [1.54, 1.807) is 0 Å². The van der Waals surface area contributed by atoms with Gasteiger partial charge >= 0.3 is 0 Å². The maximum atomic E-state index is 8.46. The Balaban J connectivity index is 4.03. The minimum atomic E-state index is 0.292. The Bertz CT molecular complexity index is 180. The van der Waals surface area contributed by atoms with E-state index < -0.39 is 0 Å². The van der Waals surface area contributed by atoms with E-state index >= 15 is 0 Å². The minimum absolute atomic E-state index is 0.292. The van der Waals surface area contributed by atoms with Crippen LogP contribution in [0.5, 0.6) is 0 Å². The number of amidine groups is 1. The molecular weight excluding hydrogens is 178 g/mol. The molecule has 4 nitrogen and oxygen atoms in total. The SMILES string of the molecule is CCC(CC(N)=NO)NC(C)C(C)C. The second kappa shape index (κ2) is 6.65. The Morgan fingerprint density at radius 3 is 2.36 bits per heavy atom. The molecule has 0 aliphatic rings. The fourth-order valence-corrected chi connectivity index (χ4v) is 1.18. The van der Waals surface area contributed by atoms with Crippen molar-refractivity contribution in [2.24, 2.45) is 16.8 Å². The van der Waals surface area contributed by atoms with Crippen LogP contribution in [-0.2, 0) is 0 Å². The summed E-state index contributed by atoms with van der Waals surface area (Å²) < 4.78 is 0. The Labute approximate surface area is 86.6 Å². The van der Waals surface area contributed by atoms with Crippen molar-refractivity contribution in [1.82, 2.24) is 5.32 Å². The third-order valence-corrected chi connectivity index (χ3v) is 2.58. The smallest absolute Gasteiger partial charge is 0.140 e. The molecule has 4 heteroatoms. The molecule has 0 heterocycles. The summed E-state index contributed by atoms with van der Waals surface area (Å²) in [5, 5.41) is 14.9. The van der Waals surface area contributed by atoms with Gasteiger partial charge in [-0.3, -0.25) is 0 Å². The molecule has 4 N–H and O–H groups in total. The summed E-state index contributed by atoms with van der Waals surface area (Å²) in [6.45, 7) is 8.59. The molecule has 0 rings (SSSR count). The van der Waals surface area contributed by atoms with Gasteiger partial charge < -0.3 is 16.3 Å². The van der Waals surface area contributed by atoms with Crippen molar-refractivity contribution in [2.45, 2.75) is 52.6 Å². The molecule has 2 atom stereocenters. The number of nitrogens with two attached hydrogens (primary N) is 1. The third kappa shape index (κ3) is 5.07. The molecule has 0 aliphatic carbocycles. The molecule has 0 aromatic heterocycles. The molecule has 2 unspecified atom stereocenters. The second-order valence-corrected chi connectivity index (χ2v) is 4.10. The maximum Gasteiger partial charge on any atom is 0.140 e. The van der Waals surface area contributed by atoms with E-state index in [1.807, 2.05) is 0 Å². The van der Waals surface area contributed by atoms with Gasteiger partial charge in [-0.15, -0.1) is 0 Å². The van der Waals surface area contributed by atoms with Gasteiger partial charge in [0, 0.05) is 18.5 Å². The number of rotatable bonds is 6. The number of hydrogen-bond donors (Lipinski definition) is 3. The van der Waals surface area contributed by atoms with Crippen LogP contribution in [0.15, 0.2) is 5.16 Å². The predicted octanol–water partition coefficient (Wildman–Crippen LogP) is 1.54. The lowest BCUT2D eigenvalue weighted by atomic mass is 10.0. The lowest BCUT2D eigenvalue weighted by Crippen LogP contribution is -2.41. The average molecular weight is 201 g/mol. The Kier molecular flexibility index (Phi) is 6.28. The summed E-state index contributed by atoms with van der Waals surface area (Å²) in [5.41, 5.74) is 5.46. The van der Waals surface area contributed by atoms with E-state index in [-0.39, 0.29) is 0 Å².